The van der Waals surface area contributed by atoms with Crippen molar-refractivity contribution in [2.45, 2.75) is 19.8 Å². The van der Waals surface area contributed by atoms with E-state index in [1.54, 1.807) is 7.11 Å². The zero-order valence-corrected chi connectivity index (χ0v) is 15.9. The van der Waals surface area contributed by atoms with Crippen molar-refractivity contribution >= 4 is 23.0 Å². The number of morpholine rings is 1. The highest BCUT2D eigenvalue weighted by molar-refractivity contribution is 6.03. The molecule has 1 saturated heterocycles. The molecular formula is C20H25N5O2. The van der Waals surface area contributed by atoms with E-state index in [2.05, 4.69) is 35.3 Å². The van der Waals surface area contributed by atoms with Crippen LogP contribution >= 0.6 is 0 Å². The van der Waals surface area contributed by atoms with Gasteiger partial charge in [-0.2, -0.15) is 0 Å². The number of nitrogens with one attached hydrogen (secondary N) is 1. The number of rotatable bonds is 5. The topological polar surface area (TPSA) is 71.9 Å². The average Bonchev–Trinajstić information content (AvgIpc) is 3.08. The summed E-state index contributed by atoms with van der Waals surface area (Å²) in [6.45, 7) is 5.76. The van der Waals surface area contributed by atoms with Crippen molar-refractivity contribution < 1.29 is 9.47 Å². The minimum atomic E-state index is 0.608. The van der Waals surface area contributed by atoms with E-state index in [1.165, 1.54) is 5.56 Å². The van der Waals surface area contributed by atoms with Crippen LogP contribution in [0.25, 0.3) is 0 Å². The summed E-state index contributed by atoms with van der Waals surface area (Å²) >= 11 is 0. The van der Waals surface area contributed by atoms with Gasteiger partial charge in [-0.15, -0.1) is 0 Å². The van der Waals surface area contributed by atoms with E-state index in [0.717, 1.165) is 47.6 Å². The average molecular weight is 367 g/mol. The molecule has 1 fully saturated rings. The minimum Gasteiger partial charge on any atom is -0.384 e. The Morgan fingerprint density at radius 1 is 1.22 bits per heavy atom. The van der Waals surface area contributed by atoms with E-state index in [1.807, 2.05) is 6.07 Å². The van der Waals surface area contributed by atoms with Crippen LogP contribution in [-0.2, 0) is 22.3 Å². The number of aromatic nitrogens is 2. The first-order chi connectivity index (χ1) is 13.2. The quantitative estimate of drug-likeness (QED) is 0.876. The van der Waals surface area contributed by atoms with Crippen LogP contribution in [0.3, 0.4) is 0 Å². The van der Waals surface area contributed by atoms with Crippen LogP contribution in [0.4, 0.5) is 17.2 Å². The van der Waals surface area contributed by atoms with Crippen LogP contribution in [0, 0.1) is 6.92 Å². The van der Waals surface area contributed by atoms with Crippen molar-refractivity contribution in [3.8, 4) is 0 Å². The lowest BCUT2D eigenvalue weighted by Gasteiger charge is -2.28. The Balaban J connectivity index is 1.63. The Hall–Kier alpha value is -2.51. The van der Waals surface area contributed by atoms with Crippen molar-refractivity contribution in [3.05, 3.63) is 41.3 Å². The third-order valence-corrected chi connectivity index (χ3v) is 4.71. The van der Waals surface area contributed by atoms with E-state index < -0.39 is 0 Å². The van der Waals surface area contributed by atoms with Crippen LogP contribution in [0.5, 0.6) is 0 Å². The summed E-state index contributed by atoms with van der Waals surface area (Å²) < 4.78 is 10.7. The highest BCUT2D eigenvalue weighted by atomic mass is 16.5. The van der Waals surface area contributed by atoms with E-state index >= 15 is 0 Å². The van der Waals surface area contributed by atoms with Crippen LogP contribution in [-0.4, -0.2) is 55.8 Å². The second-order valence-corrected chi connectivity index (χ2v) is 6.83. The van der Waals surface area contributed by atoms with Gasteiger partial charge in [0.2, 0.25) is 0 Å². The van der Waals surface area contributed by atoms with Gasteiger partial charge < -0.3 is 19.7 Å². The number of anilines is 2. The molecule has 0 unspecified atom stereocenters. The first-order valence-corrected chi connectivity index (χ1v) is 9.35. The molecule has 0 atom stereocenters. The molecule has 2 aliphatic heterocycles. The second-order valence-electron chi connectivity index (χ2n) is 6.83. The van der Waals surface area contributed by atoms with Crippen molar-refractivity contribution in [3.63, 3.8) is 0 Å². The Bertz CT molecular complexity index is 846. The van der Waals surface area contributed by atoms with Gasteiger partial charge >= 0.3 is 0 Å². The molecule has 7 nitrogen and oxygen atoms in total. The van der Waals surface area contributed by atoms with Crippen LogP contribution in [0.2, 0.25) is 0 Å². The van der Waals surface area contributed by atoms with Crippen LogP contribution in [0.1, 0.15) is 17.1 Å². The number of aliphatic imine (C=N–C) groups is 1. The summed E-state index contributed by atoms with van der Waals surface area (Å²) in [5.41, 5.74) is 4.12. The van der Waals surface area contributed by atoms with Gasteiger partial charge in [0.05, 0.1) is 31.9 Å². The molecule has 1 aromatic carbocycles. The van der Waals surface area contributed by atoms with E-state index in [-0.39, 0.29) is 0 Å². The molecule has 7 heteroatoms. The third kappa shape index (κ3) is 4.09. The van der Waals surface area contributed by atoms with Crippen molar-refractivity contribution in [2.24, 2.45) is 4.99 Å². The summed E-state index contributed by atoms with van der Waals surface area (Å²) in [5, 5.41) is 3.44. The summed E-state index contributed by atoms with van der Waals surface area (Å²) in [6, 6.07) is 8.30. The number of aryl methyl sites for hydroxylation is 1. The summed E-state index contributed by atoms with van der Waals surface area (Å²) in [5.74, 6) is 2.63. The second kappa shape index (κ2) is 8.02. The largest absolute Gasteiger partial charge is 0.384 e. The number of methoxy groups -OCH3 is 1. The van der Waals surface area contributed by atoms with Gasteiger partial charge in [-0.05, 0) is 24.6 Å². The standard InChI is InChI=1S/C20H25N5O2/c1-14-4-3-5-15(12-14)21-18-13-16-19(23-18)20(25-7-10-27-11-8-25)24-17(22-16)6-9-26-2/h3-5,12H,6-11,13H2,1-2H3,(H,21,23). The first kappa shape index (κ1) is 17.9. The highest BCUT2D eigenvalue weighted by Gasteiger charge is 2.26. The van der Waals surface area contributed by atoms with Gasteiger partial charge in [0.25, 0.3) is 0 Å². The molecule has 1 N–H and O–H groups in total. The molecule has 142 valence electrons. The van der Waals surface area contributed by atoms with E-state index in [4.69, 9.17) is 24.4 Å². The normalized spacial score (nSPS) is 16.2. The molecule has 1 aromatic heterocycles. The SMILES string of the molecule is COCCc1nc2c(c(N3CCOCC3)n1)N=C(Nc1cccc(C)c1)C2. The molecule has 0 spiro atoms. The molecule has 0 amide bonds. The molecule has 2 aromatic rings. The van der Waals surface area contributed by atoms with Crippen molar-refractivity contribution in [1.82, 2.24) is 9.97 Å². The van der Waals surface area contributed by atoms with Gasteiger partial charge in [-0.1, -0.05) is 12.1 Å². The maximum atomic E-state index is 5.49. The Morgan fingerprint density at radius 3 is 2.85 bits per heavy atom. The molecule has 0 radical (unpaired) electrons. The molecule has 2 aliphatic rings. The first-order valence-electron chi connectivity index (χ1n) is 9.35. The summed E-state index contributed by atoms with van der Waals surface area (Å²) in [4.78, 5) is 16.6. The summed E-state index contributed by atoms with van der Waals surface area (Å²) in [6.07, 6.45) is 1.38. The molecule has 4 rings (SSSR count). The zero-order valence-electron chi connectivity index (χ0n) is 15.9. The van der Waals surface area contributed by atoms with E-state index in [9.17, 15) is 0 Å². The number of nitrogens with zero attached hydrogens (tertiary/aromatic N) is 4. The van der Waals surface area contributed by atoms with Crippen LogP contribution < -0.4 is 10.2 Å². The molecule has 0 saturated carbocycles. The summed E-state index contributed by atoms with van der Waals surface area (Å²) in [7, 11) is 1.70. The fourth-order valence-corrected chi connectivity index (χ4v) is 3.37. The third-order valence-electron chi connectivity index (χ3n) is 4.71. The lowest BCUT2D eigenvalue weighted by Crippen LogP contribution is -2.37. The molecular weight excluding hydrogens is 342 g/mol. The predicted octanol–water partition coefficient (Wildman–Crippen LogP) is 2.51. The Kier molecular flexibility index (Phi) is 5.31. The van der Waals surface area contributed by atoms with Gasteiger partial charge in [0, 0.05) is 32.3 Å². The number of amidine groups is 1. The van der Waals surface area contributed by atoms with Gasteiger partial charge in [-0.25, -0.2) is 15.0 Å². The number of benzene rings is 1. The fraction of sp³-hybridized carbons (Fsp3) is 0.450. The lowest BCUT2D eigenvalue weighted by molar-refractivity contribution is 0.122. The number of hydrogen-bond acceptors (Lipinski definition) is 7. The molecule has 0 aliphatic carbocycles. The maximum Gasteiger partial charge on any atom is 0.158 e. The van der Waals surface area contributed by atoms with Gasteiger partial charge in [0.15, 0.2) is 5.82 Å². The van der Waals surface area contributed by atoms with Gasteiger partial charge in [0.1, 0.15) is 17.3 Å². The monoisotopic (exact) mass is 367 g/mol. The number of ether oxygens (including phenoxy) is 2. The van der Waals surface area contributed by atoms with Crippen LogP contribution in [0.15, 0.2) is 29.3 Å². The zero-order chi connectivity index (χ0) is 18.6. The highest BCUT2D eigenvalue weighted by Crippen LogP contribution is 2.35. The minimum absolute atomic E-state index is 0.608. The van der Waals surface area contributed by atoms with Crippen molar-refractivity contribution in [2.75, 3.05) is 50.2 Å². The lowest BCUT2D eigenvalue weighted by atomic mass is 10.2. The predicted molar refractivity (Wildman–Crippen MR) is 106 cm³/mol. The van der Waals surface area contributed by atoms with E-state index in [0.29, 0.717) is 32.7 Å². The Morgan fingerprint density at radius 2 is 2.07 bits per heavy atom. The number of fused-ring (bicyclic) bond motifs is 1. The van der Waals surface area contributed by atoms with Gasteiger partial charge in [-0.3, -0.25) is 0 Å². The smallest absolute Gasteiger partial charge is 0.158 e. The number of hydrogen-bond donors (Lipinski definition) is 1. The molecule has 3 heterocycles. The molecule has 27 heavy (non-hydrogen) atoms. The maximum absolute atomic E-state index is 5.49. The Labute approximate surface area is 159 Å². The fourth-order valence-electron chi connectivity index (χ4n) is 3.37. The van der Waals surface area contributed by atoms with Crippen molar-refractivity contribution in [1.29, 1.82) is 0 Å². The molecule has 0 bridgehead atoms.